The van der Waals surface area contributed by atoms with Gasteiger partial charge in [-0.05, 0) is 24.6 Å². The third kappa shape index (κ3) is 4.54. The third-order valence-corrected chi connectivity index (χ3v) is 4.98. The van der Waals surface area contributed by atoms with Crippen LogP contribution in [0, 0.1) is 6.92 Å². The Balaban J connectivity index is 1.73. The molecule has 0 atom stereocenters. The summed E-state index contributed by atoms with van der Waals surface area (Å²) >= 11 is 1.27. The number of carbonyl (C=O) groups is 2. The minimum atomic E-state index is -1.06. The van der Waals surface area contributed by atoms with Crippen LogP contribution in [-0.2, 0) is 4.79 Å². The van der Waals surface area contributed by atoms with Crippen molar-refractivity contribution < 1.29 is 19.4 Å². The van der Waals surface area contributed by atoms with Gasteiger partial charge in [0.1, 0.15) is 16.3 Å². The standard InChI is InChI=1S/C21H19NO4S/c1-14-18(15-8-4-2-5-9-15)19(21(24)25)20(27-14)22-17(23)12-13-26-16-10-6-3-7-11-16/h2-11H,12-13H2,1H3,(H,22,23)(H,24,25). The van der Waals surface area contributed by atoms with Crippen LogP contribution in [0.25, 0.3) is 11.1 Å². The van der Waals surface area contributed by atoms with Crippen molar-refractivity contribution >= 4 is 28.2 Å². The number of anilines is 1. The molecule has 2 N–H and O–H groups in total. The van der Waals surface area contributed by atoms with E-state index in [9.17, 15) is 14.7 Å². The highest BCUT2D eigenvalue weighted by Crippen LogP contribution is 2.39. The largest absolute Gasteiger partial charge is 0.493 e. The predicted octanol–water partition coefficient (Wildman–Crippen LogP) is 4.83. The van der Waals surface area contributed by atoms with Crippen LogP contribution in [-0.4, -0.2) is 23.6 Å². The molecule has 0 fully saturated rings. The summed E-state index contributed by atoms with van der Waals surface area (Å²) in [4.78, 5) is 24.9. The van der Waals surface area contributed by atoms with E-state index in [1.807, 2.05) is 67.6 Å². The highest BCUT2D eigenvalue weighted by molar-refractivity contribution is 7.17. The number of ether oxygens (including phenoxy) is 1. The van der Waals surface area contributed by atoms with E-state index in [4.69, 9.17) is 4.74 Å². The average Bonchev–Trinajstić information content (AvgIpc) is 2.99. The molecule has 2 aromatic carbocycles. The number of carbonyl (C=O) groups excluding carboxylic acids is 1. The molecular formula is C21H19NO4S. The van der Waals surface area contributed by atoms with Gasteiger partial charge in [0, 0.05) is 10.4 Å². The number of benzene rings is 2. The van der Waals surface area contributed by atoms with Gasteiger partial charge in [-0.3, -0.25) is 4.79 Å². The highest BCUT2D eigenvalue weighted by atomic mass is 32.1. The lowest BCUT2D eigenvalue weighted by Gasteiger charge is -2.07. The first-order valence-electron chi connectivity index (χ1n) is 8.46. The lowest BCUT2D eigenvalue weighted by atomic mass is 10.0. The zero-order valence-electron chi connectivity index (χ0n) is 14.8. The summed E-state index contributed by atoms with van der Waals surface area (Å²) < 4.78 is 5.52. The van der Waals surface area contributed by atoms with Crippen molar-refractivity contribution in [1.29, 1.82) is 0 Å². The van der Waals surface area contributed by atoms with E-state index < -0.39 is 5.97 Å². The predicted molar refractivity (Wildman–Crippen MR) is 107 cm³/mol. The summed E-state index contributed by atoms with van der Waals surface area (Å²) in [5.41, 5.74) is 1.58. The van der Waals surface area contributed by atoms with Crippen LogP contribution < -0.4 is 10.1 Å². The topological polar surface area (TPSA) is 75.6 Å². The summed E-state index contributed by atoms with van der Waals surface area (Å²) in [5.74, 6) is -0.654. The first kappa shape index (κ1) is 18.7. The number of aryl methyl sites for hydroxylation is 1. The van der Waals surface area contributed by atoms with Crippen molar-refractivity contribution in [2.24, 2.45) is 0 Å². The molecule has 0 saturated heterocycles. The number of carboxylic acid groups (broad SMARTS) is 1. The summed E-state index contributed by atoms with van der Waals surface area (Å²) in [6.45, 7) is 2.07. The second-order valence-electron chi connectivity index (χ2n) is 5.87. The van der Waals surface area contributed by atoms with Gasteiger partial charge in [-0.2, -0.15) is 0 Å². The van der Waals surface area contributed by atoms with E-state index in [-0.39, 0.29) is 24.5 Å². The maximum Gasteiger partial charge on any atom is 0.339 e. The van der Waals surface area contributed by atoms with Gasteiger partial charge in [0.15, 0.2) is 0 Å². The molecule has 1 heterocycles. The van der Waals surface area contributed by atoms with Gasteiger partial charge in [-0.15, -0.1) is 11.3 Å². The van der Waals surface area contributed by atoms with Gasteiger partial charge in [-0.25, -0.2) is 4.79 Å². The maximum atomic E-state index is 12.3. The van der Waals surface area contributed by atoms with E-state index >= 15 is 0 Å². The molecule has 1 amide bonds. The van der Waals surface area contributed by atoms with Crippen molar-refractivity contribution in [1.82, 2.24) is 0 Å². The number of aromatic carboxylic acids is 1. The molecule has 6 heteroatoms. The van der Waals surface area contributed by atoms with Gasteiger partial charge in [0.2, 0.25) is 5.91 Å². The molecular weight excluding hydrogens is 362 g/mol. The number of thiophene rings is 1. The number of nitrogens with one attached hydrogen (secondary N) is 1. The second kappa shape index (κ2) is 8.51. The van der Waals surface area contributed by atoms with Crippen LogP contribution >= 0.6 is 11.3 Å². The zero-order valence-corrected chi connectivity index (χ0v) is 15.6. The molecule has 0 bridgehead atoms. The van der Waals surface area contributed by atoms with Gasteiger partial charge in [0.05, 0.1) is 13.0 Å². The fourth-order valence-electron chi connectivity index (χ4n) is 2.76. The summed E-state index contributed by atoms with van der Waals surface area (Å²) in [6, 6.07) is 18.5. The van der Waals surface area contributed by atoms with Crippen molar-refractivity contribution in [3.05, 3.63) is 71.1 Å². The monoisotopic (exact) mass is 381 g/mol. The number of carboxylic acids is 1. The fourth-order valence-corrected chi connectivity index (χ4v) is 3.84. The summed E-state index contributed by atoms with van der Waals surface area (Å²) in [7, 11) is 0. The first-order chi connectivity index (χ1) is 13.1. The molecule has 0 spiro atoms. The second-order valence-corrected chi connectivity index (χ2v) is 7.09. The van der Waals surface area contributed by atoms with Crippen LogP contribution in [0.15, 0.2) is 60.7 Å². The van der Waals surface area contributed by atoms with Crippen molar-refractivity contribution in [2.75, 3.05) is 11.9 Å². The molecule has 3 aromatic rings. The van der Waals surface area contributed by atoms with E-state index in [0.717, 1.165) is 10.4 Å². The fraction of sp³-hybridized carbons (Fsp3) is 0.143. The van der Waals surface area contributed by atoms with Crippen LogP contribution in [0.4, 0.5) is 5.00 Å². The maximum absolute atomic E-state index is 12.3. The number of amides is 1. The Bertz CT molecular complexity index is 936. The lowest BCUT2D eigenvalue weighted by molar-refractivity contribution is -0.116. The van der Waals surface area contributed by atoms with Crippen molar-refractivity contribution in [3.8, 4) is 16.9 Å². The molecule has 27 heavy (non-hydrogen) atoms. The Kier molecular flexibility index (Phi) is 5.88. The third-order valence-electron chi connectivity index (χ3n) is 3.95. The molecule has 0 aliphatic rings. The number of para-hydroxylation sites is 1. The molecule has 3 rings (SSSR count). The molecule has 1 aromatic heterocycles. The van der Waals surface area contributed by atoms with E-state index in [1.54, 1.807) is 0 Å². The Labute approximate surface area is 161 Å². The van der Waals surface area contributed by atoms with Crippen molar-refractivity contribution in [3.63, 3.8) is 0 Å². The average molecular weight is 381 g/mol. The van der Waals surface area contributed by atoms with Gasteiger partial charge >= 0.3 is 5.97 Å². The molecule has 0 aliphatic carbocycles. The van der Waals surface area contributed by atoms with Gasteiger partial charge < -0.3 is 15.2 Å². The molecule has 0 unspecified atom stereocenters. The van der Waals surface area contributed by atoms with Crippen molar-refractivity contribution in [2.45, 2.75) is 13.3 Å². The molecule has 0 saturated carbocycles. The lowest BCUT2D eigenvalue weighted by Crippen LogP contribution is -2.16. The molecule has 0 aliphatic heterocycles. The van der Waals surface area contributed by atoms with Crippen LogP contribution in [0.2, 0.25) is 0 Å². The normalized spacial score (nSPS) is 10.4. The molecule has 138 valence electrons. The van der Waals surface area contributed by atoms with E-state index in [0.29, 0.717) is 16.3 Å². The Morgan fingerprint density at radius 3 is 2.30 bits per heavy atom. The summed E-state index contributed by atoms with van der Waals surface area (Å²) in [6.07, 6.45) is 0.131. The van der Waals surface area contributed by atoms with Crippen LogP contribution in [0.5, 0.6) is 5.75 Å². The van der Waals surface area contributed by atoms with Gasteiger partial charge in [0.25, 0.3) is 0 Å². The van der Waals surface area contributed by atoms with E-state index in [2.05, 4.69) is 5.32 Å². The minimum absolute atomic E-state index is 0.126. The quantitative estimate of drug-likeness (QED) is 0.615. The molecule has 5 nitrogen and oxygen atoms in total. The zero-order chi connectivity index (χ0) is 19.2. The SMILES string of the molecule is Cc1sc(NC(=O)CCOc2ccccc2)c(C(=O)O)c1-c1ccccc1. The van der Waals surface area contributed by atoms with Crippen LogP contribution in [0.3, 0.4) is 0 Å². The number of hydrogen-bond acceptors (Lipinski definition) is 4. The summed E-state index contributed by atoms with van der Waals surface area (Å²) in [5, 5.41) is 12.8. The Hall–Kier alpha value is -3.12. The van der Waals surface area contributed by atoms with Gasteiger partial charge in [-0.1, -0.05) is 48.5 Å². The number of rotatable bonds is 7. The highest BCUT2D eigenvalue weighted by Gasteiger charge is 2.23. The first-order valence-corrected chi connectivity index (χ1v) is 9.27. The molecule has 0 radical (unpaired) electrons. The van der Waals surface area contributed by atoms with Crippen LogP contribution in [0.1, 0.15) is 21.7 Å². The number of hydrogen-bond donors (Lipinski definition) is 2. The minimum Gasteiger partial charge on any atom is -0.493 e. The Morgan fingerprint density at radius 1 is 1.04 bits per heavy atom. The Morgan fingerprint density at radius 2 is 1.67 bits per heavy atom. The smallest absolute Gasteiger partial charge is 0.339 e. The van der Waals surface area contributed by atoms with E-state index in [1.165, 1.54) is 11.3 Å².